The van der Waals surface area contributed by atoms with Crippen LogP contribution in [0.3, 0.4) is 0 Å². The Morgan fingerprint density at radius 1 is 0.957 bits per heavy atom. The summed E-state index contributed by atoms with van der Waals surface area (Å²) < 4.78 is 0. The van der Waals surface area contributed by atoms with Gasteiger partial charge in [-0.2, -0.15) is 0 Å². The van der Waals surface area contributed by atoms with Gasteiger partial charge in [0.25, 0.3) is 0 Å². The van der Waals surface area contributed by atoms with Crippen molar-refractivity contribution in [1.29, 1.82) is 0 Å². The molecule has 2 aliphatic rings. The number of piperidine rings is 1. The zero-order chi connectivity index (χ0) is 16.0. The smallest absolute Gasteiger partial charge is 0.0667 e. The monoisotopic (exact) mass is 304 g/mol. The van der Waals surface area contributed by atoms with E-state index in [2.05, 4.69) is 73.3 Å². The van der Waals surface area contributed by atoms with Crippen LogP contribution in [-0.4, -0.2) is 19.3 Å². The molecule has 118 valence electrons. The number of anilines is 1. The maximum atomic E-state index is 4.68. The molecule has 4 rings (SSSR count). The molecule has 2 heteroatoms. The highest BCUT2D eigenvalue weighted by Crippen LogP contribution is 2.44. The first-order valence-electron chi connectivity index (χ1n) is 8.57. The third kappa shape index (κ3) is 2.28. The fraction of sp³-hybridized carbons (Fsp3) is 0.381. The molecule has 1 saturated heterocycles. The molecule has 2 aromatic carbocycles. The molecule has 2 heterocycles. The van der Waals surface area contributed by atoms with Gasteiger partial charge in [-0.3, -0.25) is 4.99 Å². The maximum Gasteiger partial charge on any atom is 0.0667 e. The highest BCUT2D eigenvalue weighted by atomic mass is 15.1. The summed E-state index contributed by atoms with van der Waals surface area (Å²) in [5.74, 6) is 0. The molecule has 0 aromatic heterocycles. The molecule has 0 amide bonds. The van der Waals surface area contributed by atoms with Crippen LogP contribution in [0.4, 0.5) is 11.4 Å². The van der Waals surface area contributed by atoms with Crippen molar-refractivity contribution in [2.75, 3.05) is 18.0 Å². The highest BCUT2D eigenvalue weighted by Gasteiger charge is 2.39. The minimum atomic E-state index is 0.166. The summed E-state index contributed by atoms with van der Waals surface area (Å²) in [6, 6.07) is 13.2. The van der Waals surface area contributed by atoms with Crippen LogP contribution >= 0.6 is 0 Å². The maximum absolute atomic E-state index is 4.68. The van der Waals surface area contributed by atoms with E-state index < -0.39 is 0 Å². The summed E-state index contributed by atoms with van der Waals surface area (Å²) in [7, 11) is 0. The molecule has 0 saturated carbocycles. The van der Waals surface area contributed by atoms with Crippen LogP contribution in [0.15, 0.2) is 41.4 Å². The minimum Gasteiger partial charge on any atom is -0.371 e. The van der Waals surface area contributed by atoms with E-state index >= 15 is 0 Å². The average molecular weight is 304 g/mol. The van der Waals surface area contributed by atoms with Crippen molar-refractivity contribution in [3.8, 4) is 0 Å². The topological polar surface area (TPSA) is 15.6 Å². The average Bonchev–Trinajstić information content (AvgIpc) is 2.88. The number of nitrogens with zero attached hydrogens (tertiary/aromatic N) is 2. The summed E-state index contributed by atoms with van der Waals surface area (Å²) >= 11 is 0. The summed E-state index contributed by atoms with van der Waals surface area (Å²) in [6.45, 7) is 8.87. The van der Waals surface area contributed by atoms with Gasteiger partial charge >= 0.3 is 0 Å². The van der Waals surface area contributed by atoms with E-state index in [0.717, 1.165) is 25.9 Å². The quantitative estimate of drug-likeness (QED) is 0.734. The van der Waals surface area contributed by atoms with Crippen molar-refractivity contribution in [3.05, 3.63) is 58.7 Å². The molecular formula is C21H24N2. The predicted molar refractivity (Wildman–Crippen MR) is 98.4 cm³/mol. The number of fused-ring (bicyclic) bond motifs is 2. The molecule has 0 N–H and O–H groups in total. The van der Waals surface area contributed by atoms with Crippen molar-refractivity contribution < 1.29 is 0 Å². The Morgan fingerprint density at radius 3 is 2.30 bits per heavy atom. The molecule has 0 aliphatic carbocycles. The summed E-state index contributed by atoms with van der Waals surface area (Å²) in [4.78, 5) is 7.25. The summed E-state index contributed by atoms with van der Waals surface area (Å²) in [5, 5.41) is 0. The number of aliphatic imine (C=N–C) groups is 1. The number of rotatable bonds is 1. The summed E-state index contributed by atoms with van der Waals surface area (Å²) in [6.07, 6.45) is 4.52. The van der Waals surface area contributed by atoms with Crippen LogP contribution in [0.25, 0.3) is 0 Å². The van der Waals surface area contributed by atoms with Gasteiger partial charge in [-0.15, -0.1) is 0 Å². The lowest BCUT2D eigenvalue weighted by molar-refractivity contribution is 0.445. The van der Waals surface area contributed by atoms with Gasteiger partial charge in [-0.25, -0.2) is 0 Å². The molecule has 2 nitrogen and oxygen atoms in total. The Morgan fingerprint density at radius 2 is 1.61 bits per heavy atom. The van der Waals surface area contributed by atoms with E-state index in [-0.39, 0.29) is 5.41 Å². The molecule has 1 fully saturated rings. The number of hydrogen-bond donors (Lipinski definition) is 0. The second kappa shape index (κ2) is 5.23. The first kappa shape index (κ1) is 14.5. The number of aryl methyl sites for hydroxylation is 3. The molecule has 2 aromatic rings. The van der Waals surface area contributed by atoms with E-state index in [1.165, 1.54) is 33.6 Å². The van der Waals surface area contributed by atoms with Crippen LogP contribution in [0.2, 0.25) is 0 Å². The zero-order valence-electron chi connectivity index (χ0n) is 14.3. The normalized spacial score (nSPS) is 18.5. The van der Waals surface area contributed by atoms with Crippen LogP contribution < -0.4 is 4.90 Å². The Labute approximate surface area is 138 Å². The SMILES string of the molecule is Cc1cc(C)c(N2CCC3(C=Nc4ccccc43)CC2)c(C)c1. The van der Waals surface area contributed by atoms with Gasteiger partial charge in [-0.1, -0.05) is 35.9 Å². The fourth-order valence-electron chi connectivity index (χ4n) is 4.47. The first-order valence-corrected chi connectivity index (χ1v) is 8.57. The van der Waals surface area contributed by atoms with Crippen molar-refractivity contribution in [2.45, 2.75) is 39.0 Å². The van der Waals surface area contributed by atoms with Gasteiger partial charge in [-0.05, 0) is 56.4 Å². The molecule has 1 spiro atoms. The molecule has 0 atom stereocenters. The van der Waals surface area contributed by atoms with Crippen LogP contribution in [0.1, 0.15) is 35.1 Å². The Hall–Kier alpha value is -2.09. The summed E-state index contributed by atoms with van der Waals surface area (Å²) in [5.41, 5.74) is 8.36. The largest absolute Gasteiger partial charge is 0.371 e. The lowest BCUT2D eigenvalue weighted by atomic mass is 9.74. The molecule has 2 aliphatic heterocycles. The fourth-order valence-corrected chi connectivity index (χ4v) is 4.47. The van der Waals surface area contributed by atoms with Crippen LogP contribution in [-0.2, 0) is 5.41 Å². The first-order chi connectivity index (χ1) is 11.1. The minimum absolute atomic E-state index is 0.166. The molecule has 0 unspecified atom stereocenters. The van der Waals surface area contributed by atoms with Gasteiger partial charge in [0, 0.05) is 30.4 Å². The molecule has 0 radical (unpaired) electrons. The molecule has 0 bridgehead atoms. The third-order valence-electron chi connectivity index (χ3n) is 5.50. The van der Waals surface area contributed by atoms with Crippen LogP contribution in [0, 0.1) is 20.8 Å². The zero-order valence-corrected chi connectivity index (χ0v) is 14.3. The number of hydrogen-bond acceptors (Lipinski definition) is 2. The van der Waals surface area contributed by atoms with Gasteiger partial charge in [0.1, 0.15) is 0 Å². The number of benzene rings is 2. The third-order valence-corrected chi connectivity index (χ3v) is 5.50. The Balaban J connectivity index is 1.61. The van der Waals surface area contributed by atoms with Crippen LogP contribution in [0.5, 0.6) is 0 Å². The molecular weight excluding hydrogens is 280 g/mol. The Bertz CT molecular complexity index is 757. The van der Waals surface area contributed by atoms with Crippen molar-refractivity contribution in [1.82, 2.24) is 0 Å². The molecule has 23 heavy (non-hydrogen) atoms. The lowest BCUT2D eigenvalue weighted by Crippen LogP contribution is -2.43. The van der Waals surface area contributed by atoms with Gasteiger partial charge in [0.05, 0.1) is 5.69 Å². The van der Waals surface area contributed by atoms with Gasteiger partial charge in [0.15, 0.2) is 0 Å². The Kier molecular flexibility index (Phi) is 3.29. The van der Waals surface area contributed by atoms with E-state index in [4.69, 9.17) is 0 Å². The predicted octanol–water partition coefficient (Wildman–Crippen LogP) is 4.87. The number of para-hydroxylation sites is 1. The standard InChI is InChI=1S/C21H24N2/c1-15-12-16(2)20(17(3)13-15)23-10-8-21(9-11-23)14-22-19-7-5-4-6-18(19)21/h4-7,12-14H,8-11H2,1-3H3. The van der Waals surface area contributed by atoms with Crippen molar-refractivity contribution in [3.63, 3.8) is 0 Å². The van der Waals surface area contributed by atoms with E-state index in [1.54, 1.807) is 0 Å². The second-order valence-corrected chi connectivity index (χ2v) is 7.17. The van der Waals surface area contributed by atoms with Gasteiger partial charge < -0.3 is 4.90 Å². The highest BCUT2D eigenvalue weighted by molar-refractivity contribution is 5.85. The van der Waals surface area contributed by atoms with Gasteiger partial charge in [0.2, 0.25) is 0 Å². The van der Waals surface area contributed by atoms with E-state index in [1.807, 2.05) is 0 Å². The van der Waals surface area contributed by atoms with E-state index in [9.17, 15) is 0 Å². The van der Waals surface area contributed by atoms with E-state index in [0.29, 0.717) is 0 Å². The lowest BCUT2D eigenvalue weighted by Gasteiger charge is -2.40. The van der Waals surface area contributed by atoms with Crippen molar-refractivity contribution in [2.24, 2.45) is 4.99 Å². The second-order valence-electron chi connectivity index (χ2n) is 7.17. The van der Waals surface area contributed by atoms with Crippen molar-refractivity contribution >= 4 is 17.6 Å².